The molecule has 1 aliphatic rings. The highest BCUT2D eigenvalue weighted by Gasteiger charge is 2.38. The van der Waals surface area contributed by atoms with Crippen molar-refractivity contribution in [3.05, 3.63) is 48.0 Å². The van der Waals surface area contributed by atoms with E-state index < -0.39 is 12.0 Å². The monoisotopic (exact) mass is 437 g/mol. The summed E-state index contributed by atoms with van der Waals surface area (Å²) in [6, 6.07) is 8.78. The molecule has 8 heteroatoms. The van der Waals surface area contributed by atoms with Crippen molar-refractivity contribution < 1.29 is 14.7 Å². The van der Waals surface area contributed by atoms with E-state index in [1.807, 2.05) is 36.6 Å². The molecule has 6 nitrogen and oxygen atoms in total. The van der Waals surface area contributed by atoms with Crippen LogP contribution < -0.4 is 11.1 Å². The van der Waals surface area contributed by atoms with E-state index in [0.29, 0.717) is 30.9 Å². The van der Waals surface area contributed by atoms with Crippen molar-refractivity contribution in [2.45, 2.75) is 36.9 Å². The molecule has 4 atom stereocenters. The first-order chi connectivity index (χ1) is 14.0. The number of amides is 1. The molecule has 0 saturated carbocycles. The second kappa shape index (κ2) is 12.3. The number of carbonyl (C=O) groups is 2. The van der Waals surface area contributed by atoms with Crippen LogP contribution in [0.2, 0.25) is 0 Å². The molecule has 0 aliphatic carbocycles. The second-order valence-corrected chi connectivity index (χ2v) is 8.62. The zero-order chi connectivity index (χ0) is 21.2. The Balaban J connectivity index is 2.11. The minimum Gasteiger partial charge on any atom is -0.480 e. The Labute approximate surface area is 182 Å². The van der Waals surface area contributed by atoms with Crippen LogP contribution in [0, 0.1) is 0 Å². The molecular formula is C21H31N3O3S2. The number of nitrogens with zero attached hydrogens (tertiary/aromatic N) is 1. The number of carboxylic acid groups (broad SMARTS) is 1. The van der Waals surface area contributed by atoms with Crippen LogP contribution in [0.3, 0.4) is 0 Å². The molecule has 4 N–H and O–H groups in total. The van der Waals surface area contributed by atoms with E-state index in [-0.39, 0.29) is 23.9 Å². The van der Waals surface area contributed by atoms with Crippen LogP contribution in [0.25, 0.3) is 0 Å². The fourth-order valence-electron chi connectivity index (χ4n) is 3.54. The average molecular weight is 438 g/mol. The smallest absolute Gasteiger partial charge is 0.326 e. The Kier molecular flexibility index (Phi) is 10.1. The number of hydrogen-bond donors (Lipinski definition) is 4. The summed E-state index contributed by atoms with van der Waals surface area (Å²) in [6.07, 6.45) is 6.87. The van der Waals surface area contributed by atoms with Crippen molar-refractivity contribution >= 4 is 36.3 Å². The van der Waals surface area contributed by atoms with Gasteiger partial charge in [0, 0.05) is 24.9 Å². The van der Waals surface area contributed by atoms with Crippen LogP contribution in [-0.4, -0.2) is 70.9 Å². The molecule has 1 aliphatic heterocycles. The van der Waals surface area contributed by atoms with Crippen LogP contribution in [0.5, 0.6) is 0 Å². The van der Waals surface area contributed by atoms with Gasteiger partial charge in [0.2, 0.25) is 5.91 Å². The lowest BCUT2D eigenvalue weighted by Crippen LogP contribution is -2.49. The first-order valence-electron chi connectivity index (χ1n) is 9.80. The molecule has 0 radical (unpaired) electrons. The number of nitrogens with two attached hydrogens (primary N) is 1. The summed E-state index contributed by atoms with van der Waals surface area (Å²) in [7, 11) is 0. The van der Waals surface area contributed by atoms with Gasteiger partial charge in [-0.05, 0) is 36.3 Å². The summed E-state index contributed by atoms with van der Waals surface area (Å²) in [5, 5.41) is 12.2. The third kappa shape index (κ3) is 7.37. The van der Waals surface area contributed by atoms with Crippen LogP contribution in [-0.2, 0) is 9.59 Å². The minimum absolute atomic E-state index is 0.124. The lowest BCUT2D eigenvalue weighted by atomic mass is 9.96. The van der Waals surface area contributed by atoms with E-state index in [2.05, 4.69) is 35.0 Å². The van der Waals surface area contributed by atoms with Gasteiger partial charge in [0.15, 0.2) is 0 Å². The number of likely N-dealkylation sites (tertiary alicyclic amines) is 1. The van der Waals surface area contributed by atoms with Gasteiger partial charge >= 0.3 is 5.97 Å². The highest BCUT2D eigenvalue weighted by Crippen LogP contribution is 2.31. The van der Waals surface area contributed by atoms with Gasteiger partial charge in [-0.2, -0.15) is 24.4 Å². The summed E-state index contributed by atoms with van der Waals surface area (Å²) in [5.41, 5.74) is 7.08. The van der Waals surface area contributed by atoms with Crippen molar-refractivity contribution in [1.29, 1.82) is 0 Å². The molecule has 2 rings (SSSR count). The Hall–Kier alpha value is -1.48. The van der Waals surface area contributed by atoms with Crippen LogP contribution >= 0.6 is 24.4 Å². The molecule has 0 spiro atoms. The molecule has 1 saturated heterocycles. The van der Waals surface area contributed by atoms with Crippen molar-refractivity contribution in [2.24, 2.45) is 5.73 Å². The average Bonchev–Trinajstić information content (AvgIpc) is 3.15. The topological polar surface area (TPSA) is 95.7 Å². The van der Waals surface area contributed by atoms with Gasteiger partial charge < -0.3 is 16.2 Å². The molecule has 160 valence electrons. The molecule has 0 bridgehead atoms. The maximum Gasteiger partial charge on any atom is 0.326 e. The number of benzene rings is 1. The number of thioether (sulfide) groups is 1. The molecule has 1 amide bonds. The van der Waals surface area contributed by atoms with Gasteiger partial charge in [-0.15, -0.1) is 0 Å². The second-order valence-electron chi connectivity index (χ2n) is 7.27. The van der Waals surface area contributed by atoms with Crippen molar-refractivity contribution in [3.8, 4) is 0 Å². The molecule has 29 heavy (non-hydrogen) atoms. The summed E-state index contributed by atoms with van der Waals surface area (Å²) in [5.74, 6) is 0.263. The van der Waals surface area contributed by atoms with E-state index in [9.17, 15) is 14.7 Å². The van der Waals surface area contributed by atoms with Gasteiger partial charge in [-0.1, -0.05) is 42.5 Å². The fraction of sp³-hybridized carbons (Fsp3) is 0.524. The first-order valence-corrected chi connectivity index (χ1v) is 11.8. The first kappa shape index (κ1) is 23.8. The van der Waals surface area contributed by atoms with E-state index in [4.69, 9.17) is 5.73 Å². The largest absolute Gasteiger partial charge is 0.480 e. The molecule has 1 fully saturated rings. The van der Waals surface area contributed by atoms with Gasteiger partial charge in [0.05, 0.1) is 6.04 Å². The predicted molar refractivity (Wildman–Crippen MR) is 123 cm³/mol. The molecular weight excluding hydrogens is 406 g/mol. The molecule has 1 heterocycles. The summed E-state index contributed by atoms with van der Waals surface area (Å²) in [4.78, 5) is 26.6. The minimum atomic E-state index is -0.990. The van der Waals surface area contributed by atoms with Gasteiger partial charge in [-0.3, -0.25) is 9.69 Å². The zero-order valence-corrected chi connectivity index (χ0v) is 18.4. The Morgan fingerprint density at radius 2 is 2.14 bits per heavy atom. The fourth-order valence-corrected chi connectivity index (χ4v) is 4.13. The van der Waals surface area contributed by atoms with Crippen molar-refractivity contribution in [1.82, 2.24) is 10.2 Å². The van der Waals surface area contributed by atoms with Gasteiger partial charge in [0.25, 0.3) is 0 Å². The number of aliphatic carboxylic acids is 1. The number of hydrogen-bond acceptors (Lipinski definition) is 6. The van der Waals surface area contributed by atoms with Crippen molar-refractivity contribution in [2.75, 3.05) is 30.9 Å². The third-order valence-corrected chi connectivity index (χ3v) is 6.20. The lowest BCUT2D eigenvalue weighted by Gasteiger charge is -2.24. The molecule has 0 unspecified atom stereocenters. The normalized spacial score (nSPS) is 21.9. The molecule has 0 aromatic heterocycles. The number of thiol groups is 1. The number of carboxylic acids is 1. The Morgan fingerprint density at radius 1 is 1.41 bits per heavy atom. The Morgan fingerprint density at radius 3 is 2.76 bits per heavy atom. The van der Waals surface area contributed by atoms with E-state index in [0.717, 1.165) is 6.54 Å². The van der Waals surface area contributed by atoms with E-state index in [1.54, 1.807) is 11.8 Å². The summed E-state index contributed by atoms with van der Waals surface area (Å²) >= 11 is 5.75. The van der Waals surface area contributed by atoms with Gasteiger partial charge in [0.1, 0.15) is 6.04 Å². The van der Waals surface area contributed by atoms with Gasteiger partial charge in [-0.25, -0.2) is 4.79 Å². The van der Waals surface area contributed by atoms with E-state index in [1.165, 1.54) is 5.56 Å². The standard InChI is InChI=1S/C21H31N3O3S2/c1-29-11-9-18(21(26)27)23-20(25)19-12-16(15-6-3-2-4-7-15)13-24(19)10-5-8-17(22)14-28/h2-8,16-19,28H,9-14,22H2,1H3,(H,23,25)(H,26,27)/b8-5+/t16-,17+,18-,19-/m0/s1. The maximum atomic E-state index is 13.0. The predicted octanol–water partition coefficient (Wildman–Crippen LogP) is 1.98. The summed E-state index contributed by atoms with van der Waals surface area (Å²) in [6.45, 7) is 1.33. The zero-order valence-electron chi connectivity index (χ0n) is 16.7. The Bertz CT molecular complexity index is 687. The van der Waals surface area contributed by atoms with E-state index >= 15 is 0 Å². The highest BCUT2D eigenvalue weighted by molar-refractivity contribution is 7.98. The lowest BCUT2D eigenvalue weighted by molar-refractivity contribution is -0.142. The number of carbonyl (C=O) groups excluding carboxylic acids is 1. The van der Waals surface area contributed by atoms with Crippen molar-refractivity contribution in [3.63, 3.8) is 0 Å². The third-order valence-electron chi connectivity index (χ3n) is 5.14. The van der Waals surface area contributed by atoms with Crippen LogP contribution in [0.4, 0.5) is 0 Å². The molecule has 1 aromatic rings. The number of rotatable bonds is 11. The quantitative estimate of drug-likeness (QED) is 0.312. The van der Waals surface area contributed by atoms with Crippen LogP contribution in [0.15, 0.2) is 42.5 Å². The number of nitrogens with one attached hydrogen (secondary N) is 1. The maximum absolute atomic E-state index is 13.0. The van der Waals surface area contributed by atoms with Crippen LogP contribution in [0.1, 0.15) is 24.3 Å². The summed E-state index contributed by atoms with van der Waals surface area (Å²) < 4.78 is 0. The highest BCUT2D eigenvalue weighted by atomic mass is 32.2. The SMILES string of the molecule is CSCC[C@H](NC(=O)[C@@H]1C[C@H](c2ccccc2)CN1C/C=C/[C@@H](N)CS)C(=O)O. The molecule has 1 aromatic carbocycles.